The third kappa shape index (κ3) is 2.24. The van der Waals surface area contributed by atoms with Gasteiger partial charge in [-0.25, -0.2) is 4.39 Å². The Hall–Kier alpha value is -0.960. The average molecular weight is 244 g/mol. The van der Waals surface area contributed by atoms with Gasteiger partial charge in [-0.2, -0.15) is 0 Å². The van der Waals surface area contributed by atoms with E-state index in [1.165, 1.54) is 31.2 Å². The number of allylic oxidation sites excluding steroid dienone is 1. The zero-order valence-electron chi connectivity index (χ0n) is 8.93. The van der Waals surface area contributed by atoms with Crippen molar-refractivity contribution in [1.82, 2.24) is 0 Å². The van der Waals surface area contributed by atoms with Crippen molar-refractivity contribution in [3.63, 3.8) is 0 Å². The standard InChI is InChI=1S/C11H14FO3P/c1-3-8-11(2,16(13,14)15)9-6-4-5-7-10(9)12/h3-7H,1,8H2,2H3,(H2,13,14,15). The summed E-state index contributed by atoms with van der Waals surface area (Å²) in [6.45, 7) is 4.79. The van der Waals surface area contributed by atoms with Crippen LogP contribution in [0.5, 0.6) is 0 Å². The van der Waals surface area contributed by atoms with Crippen molar-refractivity contribution in [3.8, 4) is 0 Å². The van der Waals surface area contributed by atoms with Gasteiger partial charge in [0, 0.05) is 5.56 Å². The summed E-state index contributed by atoms with van der Waals surface area (Å²) in [4.78, 5) is 18.7. The highest BCUT2D eigenvalue weighted by Gasteiger charge is 2.44. The van der Waals surface area contributed by atoms with E-state index in [9.17, 15) is 18.7 Å². The van der Waals surface area contributed by atoms with E-state index >= 15 is 0 Å². The zero-order valence-corrected chi connectivity index (χ0v) is 9.82. The van der Waals surface area contributed by atoms with E-state index in [0.717, 1.165) is 0 Å². The van der Waals surface area contributed by atoms with Gasteiger partial charge in [-0.1, -0.05) is 24.3 Å². The summed E-state index contributed by atoms with van der Waals surface area (Å²) in [7, 11) is -4.46. The van der Waals surface area contributed by atoms with E-state index in [-0.39, 0.29) is 12.0 Å². The smallest absolute Gasteiger partial charge is 0.324 e. The van der Waals surface area contributed by atoms with Crippen molar-refractivity contribution in [2.24, 2.45) is 0 Å². The Bertz CT molecular complexity index is 441. The summed E-state index contributed by atoms with van der Waals surface area (Å²) in [6, 6.07) is 5.60. The van der Waals surface area contributed by atoms with Crippen LogP contribution < -0.4 is 0 Å². The van der Waals surface area contributed by atoms with Crippen molar-refractivity contribution in [2.45, 2.75) is 18.5 Å². The number of benzene rings is 1. The van der Waals surface area contributed by atoms with Gasteiger partial charge in [0.2, 0.25) is 0 Å². The lowest BCUT2D eigenvalue weighted by atomic mass is 9.96. The van der Waals surface area contributed by atoms with Crippen LogP contribution in [0.15, 0.2) is 36.9 Å². The van der Waals surface area contributed by atoms with Crippen LogP contribution in [-0.4, -0.2) is 9.79 Å². The second-order valence-corrected chi connectivity index (χ2v) is 5.87. The molecule has 0 aliphatic rings. The first-order chi connectivity index (χ1) is 7.33. The summed E-state index contributed by atoms with van der Waals surface area (Å²) in [5, 5.41) is -1.56. The zero-order chi connectivity index (χ0) is 12.4. The first kappa shape index (κ1) is 13.1. The maximum absolute atomic E-state index is 13.6. The molecule has 88 valence electrons. The molecule has 0 radical (unpaired) electrons. The van der Waals surface area contributed by atoms with E-state index in [1.807, 2.05) is 0 Å². The molecule has 0 saturated heterocycles. The molecule has 1 atom stereocenters. The number of hydrogen-bond donors (Lipinski definition) is 2. The number of rotatable bonds is 4. The van der Waals surface area contributed by atoms with Crippen LogP contribution in [-0.2, 0) is 9.72 Å². The molecule has 0 aliphatic heterocycles. The van der Waals surface area contributed by atoms with E-state index in [4.69, 9.17) is 0 Å². The van der Waals surface area contributed by atoms with Crippen molar-refractivity contribution in [2.75, 3.05) is 0 Å². The predicted octanol–water partition coefficient (Wildman–Crippen LogP) is 2.79. The van der Waals surface area contributed by atoms with Gasteiger partial charge in [0.05, 0.1) is 0 Å². The normalized spacial score (nSPS) is 15.5. The largest absolute Gasteiger partial charge is 0.336 e. The minimum Gasteiger partial charge on any atom is -0.324 e. The minimum atomic E-state index is -4.46. The summed E-state index contributed by atoms with van der Waals surface area (Å²) in [5.41, 5.74) is 0.0169. The maximum Gasteiger partial charge on any atom is 0.336 e. The van der Waals surface area contributed by atoms with Gasteiger partial charge in [-0.3, -0.25) is 4.57 Å². The van der Waals surface area contributed by atoms with Crippen LogP contribution >= 0.6 is 7.60 Å². The molecule has 5 heteroatoms. The van der Waals surface area contributed by atoms with Crippen LogP contribution in [0.2, 0.25) is 0 Å². The molecule has 16 heavy (non-hydrogen) atoms. The first-order valence-electron chi connectivity index (χ1n) is 4.74. The Balaban J connectivity index is 3.39. The van der Waals surface area contributed by atoms with E-state index < -0.39 is 18.6 Å². The number of hydrogen-bond acceptors (Lipinski definition) is 1. The molecule has 0 heterocycles. The summed E-state index contributed by atoms with van der Waals surface area (Å²) >= 11 is 0. The molecule has 3 nitrogen and oxygen atoms in total. The predicted molar refractivity (Wildman–Crippen MR) is 60.6 cm³/mol. The van der Waals surface area contributed by atoms with Gasteiger partial charge in [0.25, 0.3) is 0 Å². The van der Waals surface area contributed by atoms with Gasteiger partial charge in [0.1, 0.15) is 11.0 Å². The molecule has 0 aromatic heterocycles. The fourth-order valence-electron chi connectivity index (χ4n) is 1.56. The highest BCUT2D eigenvalue weighted by Crippen LogP contribution is 2.59. The fraction of sp³-hybridized carbons (Fsp3) is 0.273. The van der Waals surface area contributed by atoms with Crippen molar-refractivity contribution < 1.29 is 18.7 Å². The lowest BCUT2D eigenvalue weighted by Crippen LogP contribution is -2.22. The first-order valence-corrected chi connectivity index (χ1v) is 6.35. The molecule has 1 rings (SSSR count). The Kier molecular flexibility index (Phi) is 3.68. The van der Waals surface area contributed by atoms with Gasteiger partial charge in [-0.05, 0) is 19.4 Å². The average Bonchev–Trinajstić information content (AvgIpc) is 2.16. The van der Waals surface area contributed by atoms with Crippen LogP contribution in [0, 0.1) is 5.82 Å². The third-order valence-electron chi connectivity index (χ3n) is 2.64. The topological polar surface area (TPSA) is 57.5 Å². The Morgan fingerprint density at radius 1 is 1.50 bits per heavy atom. The Morgan fingerprint density at radius 2 is 2.06 bits per heavy atom. The molecule has 0 amide bonds. The van der Waals surface area contributed by atoms with E-state index in [2.05, 4.69) is 6.58 Å². The molecule has 0 bridgehead atoms. The fourth-order valence-corrected chi connectivity index (χ4v) is 2.43. The second kappa shape index (κ2) is 4.50. The summed E-state index contributed by atoms with van der Waals surface area (Å²) in [5.74, 6) is -0.616. The molecule has 1 aromatic carbocycles. The SMILES string of the molecule is C=CCC(C)(c1ccccc1F)P(=O)(O)O. The molecule has 1 unspecified atom stereocenters. The van der Waals surface area contributed by atoms with Crippen LogP contribution in [0.25, 0.3) is 0 Å². The molecular formula is C11H14FO3P. The van der Waals surface area contributed by atoms with Crippen molar-refractivity contribution >= 4 is 7.60 Å². The molecule has 0 aliphatic carbocycles. The highest BCUT2D eigenvalue weighted by atomic mass is 31.2. The monoisotopic (exact) mass is 244 g/mol. The highest BCUT2D eigenvalue weighted by molar-refractivity contribution is 7.53. The quantitative estimate of drug-likeness (QED) is 0.632. The van der Waals surface area contributed by atoms with Gasteiger partial charge < -0.3 is 9.79 Å². The summed E-state index contributed by atoms with van der Waals surface area (Å²) < 4.78 is 25.0. The third-order valence-corrected chi connectivity index (χ3v) is 4.35. The van der Waals surface area contributed by atoms with E-state index in [0.29, 0.717) is 0 Å². The second-order valence-electron chi connectivity index (χ2n) is 3.79. The molecule has 0 fully saturated rings. The van der Waals surface area contributed by atoms with Gasteiger partial charge in [0.15, 0.2) is 0 Å². The Labute approximate surface area is 93.8 Å². The minimum absolute atomic E-state index is 0.0121. The lowest BCUT2D eigenvalue weighted by molar-refractivity contribution is 0.328. The van der Waals surface area contributed by atoms with Gasteiger partial charge in [-0.15, -0.1) is 6.58 Å². The van der Waals surface area contributed by atoms with Crippen LogP contribution in [0.3, 0.4) is 0 Å². The lowest BCUT2D eigenvalue weighted by Gasteiger charge is -2.30. The number of halogens is 1. The molecule has 0 spiro atoms. The Morgan fingerprint density at radius 3 is 2.50 bits per heavy atom. The molecular weight excluding hydrogens is 230 g/mol. The molecule has 2 N–H and O–H groups in total. The van der Waals surface area contributed by atoms with Crippen molar-refractivity contribution in [3.05, 3.63) is 48.3 Å². The summed E-state index contributed by atoms with van der Waals surface area (Å²) in [6.07, 6.45) is 1.39. The molecule has 0 saturated carbocycles. The van der Waals surface area contributed by atoms with Crippen LogP contribution in [0.1, 0.15) is 18.9 Å². The van der Waals surface area contributed by atoms with E-state index in [1.54, 1.807) is 6.07 Å². The molecule has 1 aromatic rings. The van der Waals surface area contributed by atoms with Crippen molar-refractivity contribution in [1.29, 1.82) is 0 Å². The van der Waals surface area contributed by atoms with Gasteiger partial charge >= 0.3 is 7.60 Å². The van der Waals surface area contributed by atoms with Crippen LogP contribution in [0.4, 0.5) is 4.39 Å². The maximum atomic E-state index is 13.6.